The Balaban J connectivity index is 2.61. The molecule has 1 rings (SSSR count). The maximum Gasteiger partial charge on any atom is 0.304 e. The number of rotatable bonds is 7. The molecule has 0 aliphatic carbocycles. The van der Waals surface area contributed by atoms with Gasteiger partial charge in [-0.1, -0.05) is 30.3 Å². The van der Waals surface area contributed by atoms with Gasteiger partial charge in [0.05, 0.1) is 12.8 Å². The molecule has 4 nitrogen and oxygen atoms in total. The van der Waals surface area contributed by atoms with Gasteiger partial charge in [0.25, 0.3) is 0 Å². The predicted molar refractivity (Wildman–Crippen MR) is 66.1 cm³/mol. The SMILES string of the molecule is O=C(O)CCSC(CC(=O)O)c1ccccc1. The second-order valence-electron chi connectivity index (χ2n) is 3.51. The first-order chi connectivity index (χ1) is 8.09. The normalized spacial score (nSPS) is 12.0. The van der Waals surface area contributed by atoms with Crippen molar-refractivity contribution in [1.82, 2.24) is 0 Å². The third-order valence-corrected chi connectivity index (χ3v) is 3.45. The molecule has 0 saturated heterocycles. The van der Waals surface area contributed by atoms with Gasteiger partial charge in [-0.25, -0.2) is 0 Å². The third-order valence-electron chi connectivity index (χ3n) is 2.17. The summed E-state index contributed by atoms with van der Waals surface area (Å²) in [6.45, 7) is 0. The van der Waals surface area contributed by atoms with Crippen LogP contribution in [-0.2, 0) is 9.59 Å². The van der Waals surface area contributed by atoms with Crippen molar-refractivity contribution in [2.45, 2.75) is 18.1 Å². The average Bonchev–Trinajstić information content (AvgIpc) is 2.28. The smallest absolute Gasteiger partial charge is 0.304 e. The quantitative estimate of drug-likeness (QED) is 0.781. The molecule has 1 aromatic rings. The van der Waals surface area contributed by atoms with Crippen molar-refractivity contribution in [3.63, 3.8) is 0 Å². The summed E-state index contributed by atoms with van der Waals surface area (Å²) >= 11 is 1.37. The summed E-state index contributed by atoms with van der Waals surface area (Å²) in [4.78, 5) is 21.2. The Labute approximate surface area is 104 Å². The summed E-state index contributed by atoms with van der Waals surface area (Å²) in [5, 5.41) is 17.2. The van der Waals surface area contributed by atoms with E-state index in [9.17, 15) is 9.59 Å². The predicted octanol–water partition coefficient (Wildman–Crippen LogP) is 2.41. The van der Waals surface area contributed by atoms with Crippen molar-refractivity contribution in [2.75, 3.05) is 5.75 Å². The Hall–Kier alpha value is -1.49. The van der Waals surface area contributed by atoms with E-state index in [0.29, 0.717) is 5.75 Å². The van der Waals surface area contributed by atoms with Crippen LogP contribution in [0.5, 0.6) is 0 Å². The summed E-state index contributed by atoms with van der Waals surface area (Å²) in [6, 6.07) is 9.29. The number of carbonyl (C=O) groups is 2. The van der Waals surface area contributed by atoms with Crippen molar-refractivity contribution in [3.8, 4) is 0 Å². The Bertz CT molecular complexity index is 377. The highest BCUT2D eigenvalue weighted by molar-refractivity contribution is 7.99. The van der Waals surface area contributed by atoms with E-state index in [1.807, 2.05) is 30.3 Å². The van der Waals surface area contributed by atoms with Crippen molar-refractivity contribution in [2.24, 2.45) is 0 Å². The standard InChI is InChI=1S/C12H14O4S/c13-11(14)6-7-17-10(8-12(15)16)9-4-2-1-3-5-9/h1-5,10H,6-8H2,(H,13,14)(H,15,16). The number of aliphatic carboxylic acids is 2. The number of carboxylic acids is 2. The molecule has 0 fully saturated rings. The highest BCUT2D eigenvalue weighted by atomic mass is 32.2. The van der Waals surface area contributed by atoms with Crippen LogP contribution in [0.4, 0.5) is 0 Å². The number of hydrogen-bond donors (Lipinski definition) is 2. The Morgan fingerprint density at radius 3 is 2.29 bits per heavy atom. The zero-order chi connectivity index (χ0) is 12.7. The van der Waals surface area contributed by atoms with Gasteiger partial charge in [0.1, 0.15) is 0 Å². The van der Waals surface area contributed by atoms with Crippen LogP contribution < -0.4 is 0 Å². The monoisotopic (exact) mass is 254 g/mol. The molecular weight excluding hydrogens is 240 g/mol. The zero-order valence-electron chi connectivity index (χ0n) is 9.20. The Morgan fingerprint density at radius 1 is 1.12 bits per heavy atom. The number of benzene rings is 1. The van der Waals surface area contributed by atoms with Gasteiger partial charge in [0.2, 0.25) is 0 Å². The summed E-state index contributed by atoms with van der Waals surface area (Å²) in [5.41, 5.74) is 0.922. The zero-order valence-corrected chi connectivity index (χ0v) is 10.0. The molecule has 0 amide bonds. The van der Waals surface area contributed by atoms with Gasteiger partial charge in [-0.2, -0.15) is 11.8 Å². The van der Waals surface area contributed by atoms with Gasteiger partial charge in [-0.3, -0.25) is 9.59 Å². The highest BCUT2D eigenvalue weighted by Gasteiger charge is 2.16. The van der Waals surface area contributed by atoms with Crippen LogP contribution in [0, 0.1) is 0 Å². The minimum Gasteiger partial charge on any atom is -0.481 e. The van der Waals surface area contributed by atoms with Gasteiger partial charge < -0.3 is 10.2 Å². The highest BCUT2D eigenvalue weighted by Crippen LogP contribution is 2.32. The van der Waals surface area contributed by atoms with Gasteiger partial charge in [-0.15, -0.1) is 0 Å². The minimum absolute atomic E-state index is 0.00823. The molecule has 0 heterocycles. The minimum atomic E-state index is -0.873. The first-order valence-corrected chi connectivity index (χ1v) is 6.24. The fourth-order valence-corrected chi connectivity index (χ4v) is 2.57. The average molecular weight is 254 g/mol. The lowest BCUT2D eigenvalue weighted by Crippen LogP contribution is -2.05. The lowest BCUT2D eigenvalue weighted by Gasteiger charge is -2.14. The van der Waals surface area contributed by atoms with E-state index in [0.717, 1.165) is 5.56 Å². The van der Waals surface area contributed by atoms with Crippen molar-refractivity contribution < 1.29 is 19.8 Å². The van der Waals surface area contributed by atoms with Gasteiger partial charge in [-0.05, 0) is 5.56 Å². The molecule has 0 radical (unpaired) electrons. The molecule has 17 heavy (non-hydrogen) atoms. The second kappa shape index (κ2) is 6.96. The van der Waals surface area contributed by atoms with Crippen molar-refractivity contribution in [3.05, 3.63) is 35.9 Å². The molecule has 1 aromatic carbocycles. The maximum absolute atomic E-state index is 10.8. The Morgan fingerprint density at radius 2 is 1.76 bits per heavy atom. The summed E-state index contributed by atoms with van der Waals surface area (Å²) in [5.74, 6) is -1.32. The van der Waals surface area contributed by atoms with Gasteiger partial charge >= 0.3 is 11.9 Å². The van der Waals surface area contributed by atoms with Crippen molar-refractivity contribution in [1.29, 1.82) is 0 Å². The van der Waals surface area contributed by atoms with E-state index >= 15 is 0 Å². The molecular formula is C12H14O4S. The van der Waals surface area contributed by atoms with Crippen LogP contribution in [0.3, 0.4) is 0 Å². The maximum atomic E-state index is 10.8. The van der Waals surface area contributed by atoms with Crippen molar-refractivity contribution >= 4 is 23.7 Å². The van der Waals surface area contributed by atoms with Crippen LogP contribution in [0.1, 0.15) is 23.7 Å². The van der Waals surface area contributed by atoms with E-state index in [-0.39, 0.29) is 18.1 Å². The fourth-order valence-electron chi connectivity index (χ4n) is 1.39. The van der Waals surface area contributed by atoms with E-state index in [4.69, 9.17) is 10.2 Å². The van der Waals surface area contributed by atoms with Crippen LogP contribution in [-0.4, -0.2) is 27.9 Å². The van der Waals surface area contributed by atoms with Crippen LogP contribution >= 0.6 is 11.8 Å². The van der Waals surface area contributed by atoms with Crippen LogP contribution in [0.2, 0.25) is 0 Å². The first-order valence-electron chi connectivity index (χ1n) is 5.19. The van der Waals surface area contributed by atoms with E-state index in [2.05, 4.69) is 0 Å². The summed E-state index contributed by atoms with van der Waals surface area (Å²) < 4.78 is 0. The molecule has 92 valence electrons. The van der Waals surface area contributed by atoms with E-state index in [1.165, 1.54) is 11.8 Å². The summed E-state index contributed by atoms with van der Waals surface area (Å²) in [7, 11) is 0. The second-order valence-corrected chi connectivity index (χ2v) is 4.82. The van der Waals surface area contributed by atoms with E-state index < -0.39 is 11.9 Å². The number of hydrogen-bond acceptors (Lipinski definition) is 3. The van der Waals surface area contributed by atoms with Crippen LogP contribution in [0.15, 0.2) is 30.3 Å². The lowest BCUT2D eigenvalue weighted by atomic mass is 10.1. The topological polar surface area (TPSA) is 74.6 Å². The molecule has 0 saturated carbocycles. The molecule has 0 spiro atoms. The number of carboxylic acid groups (broad SMARTS) is 2. The third kappa shape index (κ3) is 5.40. The fraction of sp³-hybridized carbons (Fsp3) is 0.333. The van der Waals surface area contributed by atoms with Gasteiger partial charge in [0, 0.05) is 11.0 Å². The molecule has 5 heteroatoms. The molecule has 1 unspecified atom stereocenters. The molecule has 0 aliphatic heterocycles. The lowest BCUT2D eigenvalue weighted by molar-refractivity contribution is -0.137. The van der Waals surface area contributed by atoms with Gasteiger partial charge in [0.15, 0.2) is 0 Å². The van der Waals surface area contributed by atoms with Crippen LogP contribution in [0.25, 0.3) is 0 Å². The largest absolute Gasteiger partial charge is 0.481 e. The number of thioether (sulfide) groups is 1. The first kappa shape index (κ1) is 13.6. The molecule has 0 aliphatic rings. The molecule has 0 bridgehead atoms. The summed E-state index contributed by atoms with van der Waals surface area (Å²) in [6.07, 6.45) is 0.0575. The molecule has 1 atom stereocenters. The molecule has 2 N–H and O–H groups in total. The van der Waals surface area contributed by atoms with E-state index in [1.54, 1.807) is 0 Å². The molecule has 0 aromatic heterocycles. The Kier molecular flexibility index (Phi) is 5.56.